The fraction of sp³-hybridized carbons (Fsp3) is 0.364. The summed E-state index contributed by atoms with van der Waals surface area (Å²) in [5.41, 5.74) is 3.16. The monoisotopic (exact) mass is 369 g/mol. The molecule has 0 saturated carbocycles. The third-order valence-corrected chi connectivity index (χ3v) is 5.11. The van der Waals surface area contributed by atoms with Crippen LogP contribution in [0.25, 0.3) is 0 Å². The van der Waals surface area contributed by atoms with Crippen LogP contribution in [-0.4, -0.2) is 18.0 Å². The molecule has 1 aliphatic carbocycles. The summed E-state index contributed by atoms with van der Waals surface area (Å²) in [5, 5.41) is 2.90. The van der Waals surface area contributed by atoms with Gasteiger partial charge in [0.15, 0.2) is 0 Å². The Morgan fingerprint density at radius 2 is 2.04 bits per heavy atom. The van der Waals surface area contributed by atoms with E-state index in [1.54, 1.807) is 12.1 Å². The number of nitrogens with one attached hydrogen (secondary N) is 1. The van der Waals surface area contributed by atoms with Crippen molar-refractivity contribution in [2.45, 2.75) is 45.3 Å². The molecular formula is C22H24FNO3. The highest BCUT2D eigenvalue weighted by molar-refractivity contribution is 5.93. The molecule has 1 fully saturated rings. The summed E-state index contributed by atoms with van der Waals surface area (Å²) >= 11 is 0. The van der Waals surface area contributed by atoms with E-state index in [0.29, 0.717) is 30.5 Å². The van der Waals surface area contributed by atoms with Crippen LogP contribution in [0, 0.1) is 11.7 Å². The molecule has 0 aromatic heterocycles. The molecule has 1 aliphatic heterocycles. The Kier molecular flexibility index (Phi) is 5.89. The predicted octanol–water partition coefficient (Wildman–Crippen LogP) is 3.99. The number of halogens is 1. The summed E-state index contributed by atoms with van der Waals surface area (Å²) in [6.07, 6.45) is 6.45. The highest BCUT2D eigenvalue weighted by Crippen LogP contribution is 2.34. The number of carbonyl (C=O) groups excluding carboxylic acids is 2. The van der Waals surface area contributed by atoms with Crippen LogP contribution in [0.1, 0.15) is 38.2 Å². The number of carbonyl (C=O) groups is 2. The van der Waals surface area contributed by atoms with Crippen molar-refractivity contribution in [3.63, 3.8) is 0 Å². The van der Waals surface area contributed by atoms with E-state index in [1.807, 2.05) is 19.1 Å². The van der Waals surface area contributed by atoms with Crippen LogP contribution in [0.4, 0.5) is 4.39 Å². The van der Waals surface area contributed by atoms with Crippen molar-refractivity contribution in [3.05, 3.63) is 71.1 Å². The average molecular weight is 369 g/mol. The maximum Gasteiger partial charge on any atom is 0.334 e. The number of allylic oxidation sites excluding steroid dienone is 2. The molecule has 0 spiro atoms. The number of hydrogen-bond donors (Lipinski definition) is 1. The largest absolute Gasteiger partial charge is 0.454 e. The van der Waals surface area contributed by atoms with Crippen molar-refractivity contribution >= 4 is 11.9 Å². The van der Waals surface area contributed by atoms with E-state index in [9.17, 15) is 14.0 Å². The van der Waals surface area contributed by atoms with E-state index in [1.165, 1.54) is 12.1 Å². The zero-order valence-electron chi connectivity index (χ0n) is 15.5. The number of ether oxygens (including phenoxy) is 1. The van der Waals surface area contributed by atoms with E-state index < -0.39 is 0 Å². The molecular weight excluding hydrogens is 345 g/mol. The molecule has 1 N–H and O–H groups in total. The van der Waals surface area contributed by atoms with Gasteiger partial charge >= 0.3 is 5.97 Å². The Morgan fingerprint density at radius 3 is 2.78 bits per heavy atom. The Morgan fingerprint density at radius 1 is 1.30 bits per heavy atom. The molecule has 3 rings (SSSR count). The number of rotatable bonds is 3. The summed E-state index contributed by atoms with van der Waals surface area (Å²) in [7, 11) is 0. The summed E-state index contributed by atoms with van der Waals surface area (Å²) in [5.74, 6) is -0.876. The normalized spacial score (nSPS) is 26.9. The Bertz CT molecular complexity index is 807. The third-order valence-electron chi connectivity index (χ3n) is 5.11. The highest BCUT2D eigenvalue weighted by atomic mass is 19.1. The van der Waals surface area contributed by atoms with Gasteiger partial charge in [-0.15, -0.1) is 0 Å². The van der Waals surface area contributed by atoms with Gasteiger partial charge < -0.3 is 10.1 Å². The Labute approximate surface area is 158 Å². The first-order chi connectivity index (χ1) is 12.9. The van der Waals surface area contributed by atoms with Gasteiger partial charge in [0, 0.05) is 23.6 Å². The molecule has 2 atom stereocenters. The standard InChI is InChI=1S/C22H24FNO3/c1-14-4-3-5-17(8-11-19-15(2)22(26)27-20(19)12-14)21(25)24-13-16-6-9-18(23)10-7-16/h5-7,9-10,12,19-20H,2-4,8,11,13H2,1H3,(H,24,25)/b14-12-,17-5+/t19-,20-/m1/s1. The summed E-state index contributed by atoms with van der Waals surface area (Å²) in [4.78, 5) is 24.5. The molecule has 0 radical (unpaired) electrons. The van der Waals surface area contributed by atoms with Crippen molar-refractivity contribution in [2.24, 2.45) is 5.92 Å². The molecule has 1 heterocycles. The number of hydrogen-bond acceptors (Lipinski definition) is 3. The van der Waals surface area contributed by atoms with Crippen LogP contribution in [0.2, 0.25) is 0 Å². The van der Waals surface area contributed by atoms with Gasteiger partial charge in [0.1, 0.15) is 11.9 Å². The summed E-state index contributed by atoms with van der Waals surface area (Å²) in [6, 6.07) is 6.06. The quantitative estimate of drug-likeness (QED) is 0.498. The molecule has 0 unspecified atom stereocenters. The van der Waals surface area contributed by atoms with Crippen LogP contribution in [0.3, 0.4) is 0 Å². The lowest BCUT2D eigenvalue weighted by Gasteiger charge is -2.18. The fourth-order valence-corrected chi connectivity index (χ4v) is 3.47. The van der Waals surface area contributed by atoms with Crippen LogP contribution >= 0.6 is 0 Å². The molecule has 142 valence electrons. The number of esters is 1. The second-order valence-corrected chi connectivity index (χ2v) is 7.13. The molecule has 1 amide bonds. The first kappa shape index (κ1) is 19.1. The first-order valence-corrected chi connectivity index (χ1v) is 9.23. The summed E-state index contributed by atoms with van der Waals surface area (Å²) < 4.78 is 18.4. The minimum atomic E-state index is -0.348. The minimum absolute atomic E-state index is 0.0983. The maximum absolute atomic E-state index is 13.0. The smallest absolute Gasteiger partial charge is 0.334 e. The van der Waals surface area contributed by atoms with E-state index in [-0.39, 0.29) is 29.7 Å². The molecule has 5 heteroatoms. The van der Waals surface area contributed by atoms with Crippen LogP contribution in [0.15, 0.2) is 59.7 Å². The zero-order valence-corrected chi connectivity index (χ0v) is 15.5. The van der Waals surface area contributed by atoms with Crippen molar-refractivity contribution in [2.75, 3.05) is 0 Å². The van der Waals surface area contributed by atoms with E-state index in [4.69, 9.17) is 4.74 Å². The molecule has 4 nitrogen and oxygen atoms in total. The second-order valence-electron chi connectivity index (χ2n) is 7.13. The molecule has 1 aromatic rings. The van der Waals surface area contributed by atoms with Crippen molar-refractivity contribution < 1.29 is 18.7 Å². The molecule has 1 aromatic carbocycles. The van der Waals surface area contributed by atoms with Gasteiger partial charge in [-0.05, 0) is 56.4 Å². The van der Waals surface area contributed by atoms with Crippen LogP contribution in [0.5, 0.6) is 0 Å². The number of fused-ring (bicyclic) bond motifs is 1. The number of amides is 1. The molecule has 1 saturated heterocycles. The third kappa shape index (κ3) is 4.73. The van der Waals surface area contributed by atoms with E-state index >= 15 is 0 Å². The first-order valence-electron chi connectivity index (χ1n) is 9.23. The molecule has 2 aliphatic rings. The lowest BCUT2D eigenvalue weighted by molar-refractivity contribution is -0.137. The number of benzene rings is 1. The molecule has 0 bridgehead atoms. The van der Waals surface area contributed by atoms with Crippen molar-refractivity contribution in [3.8, 4) is 0 Å². The lowest BCUT2D eigenvalue weighted by atomic mass is 9.87. The lowest BCUT2D eigenvalue weighted by Crippen LogP contribution is -2.25. The zero-order chi connectivity index (χ0) is 19.4. The SMILES string of the molecule is C=C1C(=O)O[C@@H]2/C=C(/C)CC/C=C(/C(=O)NCc3ccc(F)cc3)CC[C@H]12. The maximum atomic E-state index is 13.0. The van der Waals surface area contributed by atoms with Gasteiger partial charge in [0.25, 0.3) is 0 Å². The van der Waals surface area contributed by atoms with Gasteiger partial charge in [0.05, 0.1) is 0 Å². The van der Waals surface area contributed by atoms with Crippen LogP contribution < -0.4 is 5.32 Å². The Hall–Kier alpha value is -2.69. The van der Waals surface area contributed by atoms with E-state index in [0.717, 1.165) is 24.0 Å². The van der Waals surface area contributed by atoms with Gasteiger partial charge in [-0.25, -0.2) is 9.18 Å². The average Bonchev–Trinajstić information content (AvgIpc) is 2.91. The fourth-order valence-electron chi connectivity index (χ4n) is 3.47. The highest BCUT2D eigenvalue weighted by Gasteiger charge is 2.37. The van der Waals surface area contributed by atoms with Gasteiger partial charge in [-0.3, -0.25) is 4.79 Å². The van der Waals surface area contributed by atoms with Crippen molar-refractivity contribution in [1.82, 2.24) is 5.32 Å². The van der Waals surface area contributed by atoms with Gasteiger partial charge in [-0.1, -0.05) is 30.4 Å². The topological polar surface area (TPSA) is 55.4 Å². The second kappa shape index (κ2) is 8.33. The summed E-state index contributed by atoms with van der Waals surface area (Å²) in [6.45, 7) is 6.22. The van der Waals surface area contributed by atoms with Crippen LogP contribution in [-0.2, 0) is 20.9 Å². The van der Waals surface area contributed by atoms with Crippen molar-refractivity contribution in [1.29, 1.82) is 0 Å². The predicted molar refractivity (Wildman–Crippen MR) is 101 cm³/mol. The van der Waals surface area contributed by atoms with Gasteiger partial charge in [-0.2, -0.15) is 0 Å². The molecule has 27 heavy (non-hydrogen) atoms. The minimum Gasteiger partial charge on any atom is -0.454 e. The van der Waals surface area contributed by atoms with E-state index in [2.05, 4.69) is 11.9 Å². The van der Waals surface area contributed by atoms with Gasteiger partial charge in [0.2, 0.25) is 5.91 Å². The Balaban J connectivity index is 1.68.